The predicted molar refractivity (Wildman–Crippen MR) is 105 cm³/mol. The van der Waals surface area contributed by atoms with Crippen LogP contribution in [0.1, 0.15) is 16.1 Å². The molecule has 1 saturated heterocycles. The maximum Gasteiger partial charge on any atom is 0.341 e. The van der Waals surface area contributed by atoms with Crippen molar-refractivity contribution in [3.63, 3.8) is 0 Å². The molecule has 2 heterocycles. The van der Waals surface area contributed by atoms with Gasteiger partial charge in [-0.05, 0) is 30.3 Å². The van der Waals surface area contributed by atoms with Gasteiger partial charge in [-0.25, -0.2) is 22.4 Å². The van der Waals surface area contributed by atoms with Gasteiger partial charge in [0.1, 0.15) is 11.6 Å². The van der Waals surface area contributed by atoms with Crippen molar-refractivity contribution in [2.45, 2.75) is 11.4 Å². The highest BCUT2D eigenvalue weighted by molar-refractivity contribution is 7.89. The number of hydrogen-bond donors (Lipinski definition) is 2. The van der Waals surface area contributed by atoms with Crippen LogP contribution >= 0.6 is 0 Å². The lowest BCUT2D eigenvalue weighted by molar-refractivity contribution is -0.123. The number of carbonyl (C=O) groups is 3. The van der Waals surface area contributed by atoms with Crippen LogP contribution in [-0.4, -0.2) is 63.5 Å². The fourth-order valence-electron chi connectivity index (χ4n) is 2.75. The first-order chi connectivity index (χ1) is 15.3. The number of nitrogens with one attached hydrogen (secondary N) is 2. The summed E-state index contributed by atoms with van der Waals surface area (Å²) in [5, 5.41) is 4.28. The van der Waals surface area contributed by atoms with E-state index in [4.69, 9.17) is 13.9 Å². The largest absolute Gasteiger partial charge is 0.467 e. The molecule has 172 valence electrons. The molecule has 13 heteroatoms. The van der Waals surface area contributed by atoms with Crippen LogP contribution in [0, 0.1) is 5.82 Å². The number of morpholine rings is 1. The number of halogens is 1. The van der Waals surface area contributed by atoms with Crippen LogP contribution in [0.15, 0.2) is 45.9 Å². The summed E-state index contributed by atoms with van der Waals surface area (Å²) < 4.78 is 55.5. The average molecular weight is 469 g/mol. The molecule has 0 spiro atoms. The van der Waals surface area contributed by atoms with Crippen LogP contribution in [0.3, 0.4) is 0 Å². The van der Waals surface area contributed by atoms with Crippen molar-refractivity contribution in [1.29, 1.82) is 0 Å². The number of hydrogen-bond acceptors (Lipinski definition) is 8. The van der Waals surface area contributed by atoms with E-state index in [0.717, 1.165) is 22.5 Å². The zero-order valence-corrected chi connectivity index (χ0v) is 17.5. The predicted octanol–water partition coefficient (Wildman–Crippen LogP) is 0.622. The summed E-state index contributed by atoms with van der Waals surface area (Å²) in [6.45, 7) is -0.156. The van der Waals surface area contributed by atoms with Crippen molar-refractivity contribution in [1.82, 2.24) is 14.9 Å². The number of furan rings is 1. The molecule has 1 aromatic carbocycles. The van der Waals surface area contributed by atoms with E-state index in [1.807, 2.05) is 5.32 Å². The van der Waals surface area contributed by atoms with Crippen LogP contribution in [0.4, 0.5) is 9.18 Å². The van der Waals surface area contributed by atoms with Gasteiger partial charge in [-0.1, -0.05) is 0 Å². The third-order valence-electron chi connectivity index (χ3n) is 4.36. The number of nitrogens with zero attached hydrogens (tertiary/aromatic N) is 1. The van der Waals surface area contributed by atoms with Crippen molar-refractivity contribution < 1.29 is 41.1 Å². The molecule has 1 aliphatic heterocycles. The summed E-state index contributed by atoms with van der Waals surface area (Å²) in [6, 6.07) is 5.09. The molecule has 1 fully saturated rings. The quantitative estimate of drug-likeness (QED) is 0.562. The van der Waals surface area contributed by atoms with Crippen LogP contribution in [0.2, 0.25) is 0 Å². The molecule has 0 aliphatic carbocycles. The average Bonchev–Trinajstić information content (AvgIpc) is 3.30. The Hall–Kier alpha value is -3.29. The lowest BCUT2D eigenvalue weighted by Crippen LogP contribution is -2.41. The van der Waals surface area contributed by atoms with E-state index in [9.17, 15) is 27.2 Å². The number of amides is 3. The lowest BCUT2D eigenvalue weighted by Gasteiger charge is -2.26. The molecule has 3 amide bonds. The van der Waals surface area contributed by atoms with E-state index in [0.29, 0.717) is 5.76 Å². The van der Waals surface area contributed by atoms with Crippen molar-refractivity contribution >= 4 is 27.9 Å². The molecule has 0 saturated carbocycles. The van der Waals surface area contributed by atoms with Gasteiger partial charge >= 0.3 is 12.0 Å². The van der Waals surface area contributed by atoms with E-state index in [-0.39, 0.29) is 37.7 Å². The van der Waals surface area contributed by atoms with Gasteiger partial charge in [0.05, 0.1) is 36.5 Å². The van der Waals surface area contributed by atoms with Crippen LogP contribution in [0.25, 0.3) is 0 Å². The second kappa shape index (κ2) is 10.3. The molecule has 1 aliphatic rings. The number of carbonyl (C=O) groups excluding carboxylic acids is 3. The zero-order chi connectivity index (χ0) is 23.1. The smallest absolute Gasteiger partial charge is 0.341 e. The molecule has 0 unspecified atom stereocenters. The maximum atomic E-state index is 14.1. The van der Waals surface area contributed by atoms with Crippen molar-refractivity contribution in [2.24, 2.45) is 0 Å². The van der Waals surface area contributed by atoms with Crippen LogP contribution in [-0.2, 0) is 30.8 Å². The fraction of sp³-hybridized carbons (Fsp3) is 0.316. The van der Waals surface area contributed by atoms with Crippen LogP contribution < -0.4 is 10.6 Å². The van der Waals surface area contributed by atoms with Crippen molar-refractivity contribution in [2.75, 3.05) is 32.9 Å². The van der Waals surface area contributed by atoms with Gasteiger partial charge in [0.2, 0.25) is 10.0 Å². The van der Waals surface area contributed by atoms with Gasteiger partial charge in [-0.15, -0.1) is 0 Å². The fourth-order valence-corrected chi connectivity index (χ4v) is 4.19. The topological polar surface area (TPSA) is 144 Å². The molecule has 0 radical (unpaired) electrons. The Labute approximate surface area is 182 Å². The minimum Gasteiger partial charge on any atom is -0.467 e. The summed E-state index contributed by atoms with van der Waals surface area (Å²) in [5.74, 6) is -2.78. The van der Waals surface area contributed by atoms with E-state index in [2.05, 4.69) is 5.32 Å². The standard InChI is InChI=1S/C19H20FN3O8S/c20-16-4-3-14(32(27,28)23-5-8-29-9-6-23)10-15(16)18(25)31-12-17(24)22-19(26)21-11-13-2-1-7-30-13/h1-4,7,10H,5-6,8-9,11-12H2,(H2,21,22,24,26). The molecule has 32 heavy (non-hydrogen) atoms. The highest BCUT2D eigenvalue weighted by Crippen LogP contribution is 2.20. The van der Waals surface area contributed by atoms with Crippen molar-refractivity contribution in [3.05, 3.63) is 53.7 Å². The molecule has 0 atom stereocenters. The molecule has 0 bridgehead atoms. The highest BCUT2D eigenvalue weighted by Gasteiger charge is 2.28. The number of esters is 1. The third kappa shape index (κ3) is 5.90. The Bertz CT molecular complexity index is 1080. The maximum absolute atomic E-state index is 14.1. The van der Waals surface area contributed by atoms with E-state index >= 15 is 0 Å². The summed E-state index contributed by atoms with van der Waals surface area (Å²) >= 11 is 0. The second-order valence-electron chi connectivity index (χ2n) is 6.54. The van der Waals surface area contributed by atoms with Crippen LogP contribution in [0.5, 0.6) is 0 Å². The third-order valence-corrected chi connectivity index (χ3v) is 6.25. The molecule has 3 rings (SSSR count). The zero-order valence-electron chi connectivity index (χ0n) is 16.7. The number of ether oxygens (including phenoxy) is 2. The van der Waals surface area contributed by atoms with Gasteiger partial charge in [-0.3, -0.25) is 10.1 Å². The lowest BCUT2D eigenvalue weighted by atomic mass is 10.2. The summed E-state index contributed by atoms with van der Waals surface area (Å²) in [4.78, 5) is 35.4. The molecule has 1 aromatic heterocycles. The Balaban J connectivity index is 1.56. The van der Waals surface area contributed by atoms with Gasteiger partial charge in [-0.2, -0.15) is 4.31 Å². The van der Waals surface area contributed by atoms with E-state index in [1.165, 1.54) is 6.26 Å². The second-order valence-corrected chi connectivity index (χ2v) is 8.48. The number of benzene rings is 1. The van der Waals surface area contributed by atoms with Gasteiger partial charge in [0.25, 0.3) is 5.91 Å². The number of urea groups is 1. The summed E-state index contributed by atoms with van der Waals surface area (Å²) in [5.41, 5.74) is -0.658. The first kappa shape index (κ1) is 23.4. The number of rotatable bonds is 7. The van der Waals surface area contributed by atoms with Gasteiger partial charge in [0, 0.05) is 13.1 Å². The molecule has 2 N–H and O–H groups in total. The summed E-state index contributed by atoms with van der Waals surface area (Å²) in [7, 11) is -3.97. The number of imide groups is 1. The monoisotopic (exact) mass is 469 g/mol. The van der Waals surface area contributed by atoms with E-state index in [1.54, 1.807) is 12.1 Å². The Morgan fingerprint density at radius 1 is 1.16 bits per heavy atom. The van der Waals surface area contributed by atoms with Gasteiger partial charge < -0.3 is 19.2 Å². The molecular weight excluding hydrogens is 449 g/mol. The normalized spacial score (nSPS) is 14.5. The molecular formula is C19H20FN3O8S. The number of sulfonamides is 1. The SMILES string of the molecule is O=C(COC(=O)c1cc(S(=O)(=O)N2CCOCC2)ccc1F)NC(=O)NCc1ccco1. The Kier molecular flexibility index (Phi) is 7.56. The summed E-state index contributed by atoms with van der Waals surface area (Å²) in [6.07, 6.45) is 1.42. The minimum atomic E-state index is -3.97. The van der Waals surface area contributed by atoms with Gasteiger partial charge in [0.15, 0.2) is 6.61 Å². The Morgan fingerprint density at radius 2 is 1.91 bits per heavy atom. The first-order valence-electron chi connectivity index (χ1n) is 9.42. The highest BCUT2D eigenvalue weighted by atomic mass is 32.2. The van der Waals surface area contributed by atoms with Crippen molar-refractivity contribution in [3.8, 4) is 0 Å². The van der Waals surface area contributed by atoms with E-state index < -0.39 is 45.9 Å². The first-order valence-corrected chi connectivity index (χ1v) is 10.9. The molecule has 2 aromatic rings. The Morgan fingerprint density at radius 3 is 2.59 bits per heavy atom. The minimum absolute atomic E-state index is 0.0293. The molecule has 11 nitrogen and oxygen atoms in total.